The van der Waals surface area contributed by atoms with E-state index in [1.54, 1.807) is 6.20 Å². The number of hydrogen-bond acceptors (Lipinski definition) is 4. The van der Waals surface area contributed by atoms with Gasteiger partial charge in [-0.2, -0.15) is 0 Å². The van der Waals surface area contributed by atoms with Crippen molar-refractivity contribution >= 4 is 23.3 Å². The lowest BCUT2D eigenvalue weighted by Crippen LogP contribution is -2.32. The number of hydrogen-bond donors (Lipinski definition) is 1. The van der Waals surface area contributed by atoms with Crippen molar-refractivity contribution in [3.63, 3.8) is 0 Å². The van der Waals surface area contributed by atoms with E-state index >= 15 is 0 Å². The molecule has 0 saturated carbocycles. The summed E-state index contributed by atoms with van der Waals surface area (Å²) in [5.41, 5.74) is 5.74. The summed E-state index contributed by atoms with van der Waals surface area (Å²) in [5, 5.41) is 4.08. The first-order chi connectivity index (χ1) is 15.5. The van der Waals surface area contributed by atoms with Crippen LogP contribution in [0.25, 0.3) is 0 Å². The van der Waals surface area contributed by atoms with Crippen LogP contribution in [-0.4, -0.2) is 39.2 Å². The molecule has 0 spiro atoms. The van der Waals surface area contributed by atoms with Crippen molar-refractivity contribution in [2.45, 2.75) is 38.9 Å². The quantitative estimate of drug-likeness (QED) is 0.434. The van der Waals surface area contributed by atoms with Crippen LogP contribution in [0.1, 0.15) is 46.7 Å². The lowest BCUT2D eigenvalue weighted by atomic mass is 9.96. The van der Waals surface area contributed by atoms with Crippen LogP contribution >= 0.6 is 12.2 Å². The third kappa shape index (κ3) is 4.39. The van der Waals surface area contributed by atoms with Gasteiger partial charge >= 0.3 is 5.97 Å². The van der Waals surface area contributed by atoms with Crippen LogP contribution < -0.4 is 5.32 Å². The van der Waals surface area contributed by atoms with Crippen LogP contribution in [0, 0.1) is 13.8 Å². The minimum Gasteiger partial charge on any atom is -0.469 e. The second-order valence-electron chi connectivity index (χ2n) is 8.04. The number of pyridine rings is 1. The topological polar surface area (TPSA) is 59.4 Å². The van der Waals surface area contributed by atoms with Crippen molar-refractivity contribution in [1.82, 2.24) is 19.8 Å². The van der Waals surface area contributed by atoms with E-state index in [4.69, 9.17) is 17.0 Å². The van der Waals surface area contributed by atoms with Crippen LogP contribution in [0.2, 0.25) is 0 Å². The van der Waals surface area contributed by atoms with E-state index in [1.165, 1.54) is 29.6 Å². The number of carbonyl (C=O) groups is 1. The van der Waals surface area contributed by atoms with Crippen molar-refractivity contribution in [1.29, 1.82) is 0 Å². The van der Waals surface area contributed by atoms with Gasteiger partial charge in [-0.05, 0) is 55.4 Å². The summed E-state index contributed by atoms with van der Waals surface area (Å²) >= 11 is 5.70. The molecule has 2 aromatic heterocycles. The first-order valence-corrected chi connectivity index (χ1v) is 11.2. The highest BCUT2D eigenvalue weighted by molar-refractivity contribution is 7.80. The SMILES string of the molecule is COC(=O)CCN1C(=S)N[C@@H](c2ccccn2)[C@H]1c1cc(C)n(Cc2ccccc2)c1C. The van der Waals surface area contributed by atoms with Gasteiger partial charge in [0.2, 0.25) is 0 Å². The predicted octanol–water partition coefficient (Wildman–Crippen LogP) is 4.08. The molecule has 3 aromatic rings. The Labute approximate surface area is 194 Å². The fraction of sp³-hybridized carbons (Fsp3) is 0.320. The highest BCUT2D eigenvalue weighted by atomic mass is 32.1. The zero-order chi connectivity index (χ0) is 22.7. The largest absolute Gasteiger partial charge is 0.469 e. The molecule has 0 radical (unpaired) electrons. The maximum Gasteiger partial charge on any atom is 0.307 e. The van der Waals surface area contributed by atoms with Gasteiger partial charge in [0, 0.05) is 30.7 Å². The highest BCUT2D eigenvalue weighted by Gasteiger charge is 2.41. The van der Waals surface area contributed by atoms with E-state index in [-0.39, 0.29) is 24.5 Å². The summed E-state index contributed by atoms with van der Waals surface area (Å²) in [4.78, 5) is 18.6. The Morgan fingerprint density at radius 3 is 2.59 bits per heavy atom. The van der Waals surface area contributed by atoms with E-state index in [1.807, 2.05) is 24.3 Å². The Kier molecular flexibility index (Phi) is 6.55. The van der Waals surface area contributed by atoms with Gasteiger partial charge in [-0.25, -0.2) is 0 Å². The molecular formula is C25H28N4O2S. The second-order valence-corrected chi connectivity index (χ2v) is 8.43. The lowest BCUT2D eigenvalue weighted by Gasteiger charge is -2.28. The molecule has 0 amide bonds. The average Bonchev–Trinajstić information content (AvgIpc) is 3.29. The fourth-order valence-electron chi connectivity index (χ4n) is 4.44. The number of nitrogens with one attached hydrogen (secondary N) is 1. The molecule has 1 N–H and O–H groups in total. The number of methoxy groups -OCH3 is 1. The zero-order valence-electron chi connectivity index (χ0n) is 18.6. The van der Waals surface area contributed by atoms with Crippen LogP contribution in [0.3, 0.4) is 0 Å². The number of nitrogens with zero attached hydrogens (tertiary/aromatic N) is 3. The van der Waals surface area contributed by atoms with Gasteiger partial charge in [0.05, 0.1) is 31.3 Å². The normalized spacial score (nSPS) is 18.0. The number of aryl methyl sites for hydroxylation is 1. The average molecular weight is 449 g/mol. The Morgan fingerprint density at radius 2 is 1.91 bits per heavy atom. The number of rotatable bonds is 7. The van der Waals surface area contributed by atoms with E-state index in [2.05, 4.69) is 63.9 Å². The Hall–Kier alpha value is -3.19. The first kappa shape index (κ1) is 22.0. The van der Waals surface area contributed by atoms with Gasteiger partial charge in [0.25, 0.3) is 0 Å². The first-order valence-electron chi connectivity index (χ1n) is 10.7. The predicted molar refractivity (Wildman–Crippen MR) is 128 cm³/mol. The molecule has 7 heteroatoms. The third-order valence-electron chi connectivity index (χ3n) is 6.10. The monoisotopic (exact) mass is 448 g/mol. The molecule has 1 aliphatic rings. The second kappa shape index (κ2) is 9.53. The summed E-state index contributed by atoms with van der Waals surface area (Å²) in [6.45, 7) is 5.57. The molecule has 0 bridgehead atoms. The standard InChI is InChI=1S/C25H28N4O2S/c1-17-15-20(18(2)29(17)16-19-9-5-4-6-10-19)24-23(21-11-7-8-13-26-21)27-25(32)28(24)14-12-22(30)31-3/h4-11,13,15,23-24H,12,14,16H2,1-3H3,(H,27,32)/t23-,24+/m0/s1. The minimum atomic E-state index is -0.248. The van der Waals surface area contributed by atoms with Crippen LogP contribution in [-0.2, 0) is 16.1 Å². The van der Waals surface area contributed by atoms with Crippen molar-refractivity contribution in [3.8, 4) is 0 Å². The van der Waals surface area contributed by atoms with Crippen molar-refractivity contribution < 1.29 is 9.53 Å². The number of ether oxygens (including phenoxy) is 1. The molecule has 1 fully saturated rings. The van der Waals surface area contributed by atoms with E-state index in [0.29, 0.717) is 11.7 Å². The van der Waals surface area contributed by atoms with Gasteiger partial charge < -0.3 is 19.5 Å². The molecule has 6 nitrogen and oxygen atoms in total. The smallest absolute Gasteiger partial charge is 0.307 e. The Bertz CT molecular complexity index is 1100. The molecule has 1 saturated heterocycles. The summed E-state index contributed by atoms with van der Waals surface area (Å²) in [5.74, 6) is -0.248. The molecule has 32 heavy (non-hydrogen) atoms. The highest BCUT2D eigenvalue weighted by Crippen LogP contribution is 2.41. The van der Waals surface area contributed by atoms with Crippen LogP contribution in [0.15, 0.2) is 60.8 Å². The number of aromatic nitrogens is 2. The minimum absolute atomic E-state index is 0.0715. The van der Waals surface area contributed by atoms with Crippen molar-refractivity contribution in [2.24, 2.45) is 0 Å². The number of thiocarbonyl (C=S) groups is 1. The van der Waals surface area contributed by atoms with Gasteiger partial charge in [0.15, 0.2) is 5.11 Å². The summed E-state index contributed by atoms with van der Waals surface area (Å²) in [7, 11) is 1.41. The summed E-state index contributed by atoms with van der Waals surface area (Å²) < 4.78 is 7.20. The van der Waals surface area contributed by atoms with Gasteiger partial charge in [0.1, 0.15) is 0 Å². The molecule has 1 aromatic carbocycles. The molecule has 0 aliphatic carbocycles. The number of carbonyl (C=O) groups excluding carboxylic acids is 1. The van der Waals surface area contributed by atoms with Gasteiger partial charge in [-0.1, -0.05) is 36.4 Å². The molecule has 1 aliphatic heterocycles. The third-order valence-corrected chi connectivity index (χ3v) is 6.45. The Balaban J connectivity index is 1.73. The molecule has 0 unspecified atom stereocenters. The van der Waals surface area contributed by atoms with Crippen LogP contribution in [0.5, 0.6) is 0 Å². The van der Waals surface area contributed by atoms with Gasteiger partial charge in [-0.15, -0.1) is 0 Å². The molecule has 2 atom stereocenters. The van der Waals surface area contributed by atoms with E-state index < -0.39 is 0 Å². The Morgan fingerprint density at radius 1 is 1.16 bits per heavy atom. The molecule has 166 valence electrons. The lowest BCUT2D eigenvalue weighted by molar-refractivity contribution is -0.140. The van der Waals surface area contributed by atoms with Gasteiger partial charge in [-0.3, -0.25) is 9.78 Å². The summed E-state index contributed by atoms with van der Waals surface area (Å²) in [6, 6.07) is 18.4. The number of benzene rings is 1. The number of esters is 1. The molecule has 3 heterocycles. The molecular weight excluding hydrogens is 420 g/mol. The maximum atomic E-state index is 11.9. The van der Waals surface area contributed by atoms with E-state index in [0.717, 1.165) is 12.2 Å². The maximum absolute atomic E-state index is 11.9. The molecule has 4 rings (SSSR count). The zero-order valence-corrected chi connectivity index (χ0v) is 19.4. The summed E-state index contributed by atoms with van der Waals surface area (Å²) in [6.07, 6.45) is 2.07. The van der Waals surface area contributed by atoms with Crippen LogP contribution in [0.4, 0.5) is 0 Å². The van der Waals surface area contributed by atoms with Crippen molar-refractivity contribution in [2.75, 3.05) is 13.7 Å². The van der Waals surface area contributed by atoms with E-state index in [9.17, 15) is 4.79 Å². The van der Waals surface area contributed by atoms with Crippen molar-refractivity contribution in [3.05, 3.63) is 89.0 Å². The fourth-order valence-corrected chi connectivity index (χ4v) is 4.77.